The van der Waals surface area contributed by atoms with E-state index in [1.165, 1.54) is 11.3 Å². The molecule has 1 aliphatic heterocycles. The number of rotatable bonds is 5. The summed E-state index contributed by atoms with van der Waals surface area (Å²) in [7, 11) is 1.82. The second kappa shape index (κ2) is 9.01. The molecule has 0 saturated carbocycles. The van der Waals surface area contributed by atoms with Gasteiger partial charge in [0.15, 0.2) is 5.13 Å². The van der Waals surface area contributed by atoms with Crippen LogP contribution in [0.15, 0.2) is 30.5 Å². The first kappa shape index (κ1) is 21.2. The van der Waals surface area contributed by atoms with Crippen molar-refractivity contribution in [3.63, 3.8) is 0 Å². The zero-order valence-corrected chi connectivity index (χ0v) is 19.2. The molecule has 0 spiro atoms. The lowest BCUT2D eigenvalue weighted by Gasteiger charge is -2.32. The average Bonchev–Trinajstić information content (AvgIpc) is 3.15. The van der Waals surface area contributed by atoms with Crippen LogP contribution >= 0.6 is 11.3 Å². The van der Waals surface area contributed by atoms with Crippen LogP contribution in [0.5, 0.6) is 0 Å². The van der Waals surface area contributed by atoms with E-state index >= 15 is 0 Å². The molecule has 1 unspecified atom stereocenters. The molecule has 1 saturated heterocycles. The molecule has 0 aliphatic carbocycles. The quantitative estimate of drug-likeness (QED) is 0.605. The van der Waals surface area contributed by atoms with E-state index < -0.39 is 0 Å². The van der Waals surface area contributed by atoms with E-state index in [1.807, 2.05) is 50.9 Å². The minimum atomic E-state index is 0.0660. The first-order valence-corrected chi connectivity index (χ1v) is 11.4. The molecule has 31 heavy (non-hydrogen) atoms. The summed E-state index contributed by atoms with van der Waals surface area (Å²) in [5.41, 5.74) is 4.82. The van der Waals surface area contributed by atoms with Gasteiger partial charge in [-0.15, -0.1) is 0 Å². The SMILES string of the molecule is CNc1nc(C)c(C(=O)N2CCCC(c3cc(Nc4ncccc4C)cc(C)n3)C2)s1. The van der Waals surface area contributed by atoms with Gasteiger partial charge in [0, 0.05) is 49.3 Å². The number of thiazole rings is 1. The summed E-state index contributed by atoms with van der Waals surface area (Å²) in [6.07, 6.45) is 3.77. The molecular weight excluding hydrogens is 408 g/mol. The Kier molecular flexibility index (Phi) is 6.18. The zero-order chi connectivity index (χ0) is 22.0. The Labute approximate surface area is 187 Å². The lowest BCUT2D eigenvalue weighted by molar-refractivity contribution is 0.0710. The number of likely N-dealkylation sites (tertiary alicyclic amines) is 1. The van der Waals surface area contributed by atoms with Gasteiger partial charge < -0.3 is 15.5 Å². The molecule has 1 atom stereocenters. The second-order valence-corrected chi connectivity index (χ2v) is 8.99. The summed E-state index contributed by atoms with van der Waals surface area (Å²) in [5, 5.41) is 7.23. The summed E-state index contributed by atoms with van der Waals surface area (Å²) in [4.78, 5) is 29.5. The lowest BCUT2D eigenvalue weighted by Crippen LogP contribution is -2.39. The Morgan fingerprint density at radius 2 is 2.06 bits per heavy atom. The van der Waals surface area contributed by atoms with Crippen molar-refractivity contribution in [2.75, 3.05) is 30.8 Å². The molecule has 0 bridgehead atoms. The van der Waals surface area contributed by atoms with Crippen LogP contribution in [0, 0.1) is 20.8 Å². The first-order chi connectivity index (χ1) is 14.9. The third-order valence-corrected chi connectivity index (χ3v) is 6.74. The predicted octanol–water partition coefficient (Wildman–Crippen LogP) is 4.66. The number of aromatic nitrogens is 3. The number of nitrogens with one attached hydrogen (secondary N) is 2. The van der Waals surface area contributed by atoms with E-state index in [2.05, 4.69) is 26.7 Å². The number of amides is 1. The maximum Gasteiger partial charge on any atom is 0.265 e. The molecule has 3 aromatic heterocycles. The van der Waals surface area contributed by atoms with E-state index in [4.69, 9.17) is 4.98 Å². The summed E-state index contributed by atoms with van der Waals surface area (Å²) in [6.45, 7) is 7.38. The Balaban J connectivity index is 1.54. The minimum absolute atomic E-state index is 0.0660. The van der Waals surface area contributed by atoms with Crippen molar-refractivity contribution in [1.82, 2.24) is 19.9 Å². The highest BCUT2D eigenvalue weighted by atomic mass is 32.1. The number of aryl methyl sites for hydroxylation is 3. The van der Waals surface area contributed by atoms with Gasteiger partial charge >= 0.3 is 0 Å². The minimum Gasteiger partial charge on any atom is -0.365 e. The summed E-state index contributed by atoms with van der Waals surface area (Å²) < 4.78 is 0. The molecule has 1 aliphatic rings. The Morgan fingerprint density at radius 3 is 2.81 bits per heavy atom. The number of carbonyl (C=O) groups excluding carboxylic acids is 1. The molecule has 7 nitrogen and oxygen atoms in total. The number of hydrogen-bond donors (Lipinski definition) is 2. The molecule has 1 amide bonds. The van der Waals surface area contributed by atoms with Crippen molar-refractivity contribution in [2.24, 2.45) is 0 Å². The molecule has 2 N–H and O–H groups in total. The van der Waals surface area contributed by atoms with Crippen molar-refractivity contribution < 1.29 is 4.79 Å². The highest BCUT2D eigenvalue weighted by molar-refractivity contribution is 7.17. The molecule has 0 aromatic carbocycles. The number of carbonyl (C=O) groups is 1. The van der Waals surface area contributed by atoms with Gasteiger partial charge in [-0.3, -0.25) is 9.78 Å². The summed E-state index contributed by atoms with van der Waals surface area (Å²) in [5.74, 6) is 1.12. The van der Waals surface area contributed by atoms with Gasteiger partial charge in [0.2, 0.25) is 0 Å². The van der Waals surface area contributed by atoms with Crippen molar-refractivity contribution in [1.29, 1.82) is 0 Å². The smallest absolute Gasteiger partial charge is 0.265 e. The Bertz CT molecular complexity index is 1100. The fraction of sp³-hybridized carbons (Fsp3) is 0.391. The predicted molar refractivity (Wildman–Crippen MR) is 126 cm³/mol. The molecule has 0 radical (unpaired) electrons. The van der Waals surface area contributed by atoms with Crippen molar-refractivity contribution in [3.05, 3.63) is 58.0 Å². The average molecular weight is 437 g/mol. The van der Waals surface area contributed by atoms with E-state index in [0.717, 1.165) is 63.5 Å². The summed E-state index contributed by atoms with van der Waals surface area (Å²) >= 11 is 1.42. The van der Waals surface area contributed by atoms with Crippen LogP contribution in [0.1, 0.15) is 51.1 Å². The Hall–Kier alpha value is -3.00. The molecule has 4 rings (SSSR count). The van der Waals surface area contributed by atoms with Crippen LogP contribution < -0.4 is 10.6 Å². The van der Waals surface area contributed by atoms with E-state index in [-0.39, 0.29) is 11.8 Å². The topological polar surface area (TPSA) is 83.0 Å². The van der Waals surface area contributed by atoms with Gasteiger partial charge in [-0.2, -0.15) is 0 Å². The van der Waals surface area contributed by atoms with Gasteiger partial charge in [0.25, 0.3) is 5.91 Å². The van der Waals surface area contributed by atoms with Gasteiger partial charge in [0.05, 0.1) is 5.69 Å². The van der Waals surface area contributed by atoms with Gasteiger partial charge in [0.1, 0.15) is 10.7 Å². The molecule has 8 heteroatoms. The normalized spacial score (nSPS) is 16.3. The third-order valence-electron chi connectivity index (χ3n) is 5.58. The fourth-order valence-corrected chi connectivity index (χ4v) is 4.86. The number of nitrogens with zero attached hydrogens (tertiary/aromatic N) is 4. The van der Waals surface area contributed by atoms with Crippen LogP contribution in [0.3, 0.4) is 0 Å². The highest BCUT2D eigenvalue weighted by Gasteiger charge is 2.29. The third kappa shape index (κ3) is 4.69. The number of piperidine rings is 1. The standard InChI is InChI=1S/C23H28N6OS/c1-14-7-5-9-25-21(14)28-18-11-15(2)26-19(12-18)17-8-6-10-29(13-17)22(30)20-16(3)27-23(24-4)31-20/h5,7,9,11-12,17H,6,8,10,13H2,1-4H3,(H,24,27)(H,25,26,28). The van der Waals surface area contributed by atoms with Crippen molar-refractivity contribution in [2.45, 2.75) is 39.5 Å². The van der Waals surface area contributed by atoms with E-state index in [1.54, 1.807) is 6.20 Å². The van der Waals surface area contributed by atoms with E-state index in [0.29, 0.717) is 6.54 Å². The molecule has 4 heterocycles. The van der Waals surface area contributed by atoms with Crippen LogP contribution in [0.4, 0.5) is 16.6 Å². The molecule has 3 aromatic rings. The van der Waals surface area contributed by atoms with E-state index in [9.17, 15) is 4.79 Å². The van der Waals surface area contributed by atoms with Gasteiger partial charge in [-0.25, -0.2) is 9.97 Å². The maximum absolute atomic E-state index is 13.2. The second-order valence-electron chi connectivity index (χ2n) is 7.99. The van der Waals surface area contributed by atoms with Crippen molar-refractivity contribution >= 4 is 33.9 Å². The fourth-order valence-electron chi connectivity index (χ4n) is 3.98. The van der Waals surface area contributed by atoms with Crippen LogP contribution in [0.25, 0.3) is 0 Å². The number of pyridine rings is 2. The maximum atomic E-state index is 13.2. The van der Waals surface area contributed by atoms with Crippen LogP contribution in [0.2, 0.25) is 0 Å². The molecular formula is C23H28N6OS. The zero-order valence-electron chi connectivity index (χ0n) is 18.4. The van der Waals surface area contributed by atoms with Crippen LogP contribution in [-0.4, -0.2) is 45.9 Å². The molecule has 162 valence electrons. The Morgan fingerprint density at radius 1 is 1.23 bits per heavy atom. The largest absolute Gasteiger partial charge is 0.365 e. The summed E-state index contributed by atoms with van der Waals surface area (Å²) in [6, 6.07) is 8.09. The molecule has 1 fully saturated rings. The van der Waals surface area contributed by atoms with Gasteiger partial charge in [-0.1, -0.05) is 17.4 Å². The van der Waals surface area contributed by atoms with Crippen molar-refractivity contribution in [3.8, 4) is 0 Å². The van der Waals surface area contributed by atoms with Crippen LogP contribution in [-0.2, 0) is 0 Å². The lowest BCUT2D eigenvalue weighted by atomic mass is 9.93. The monoisotopic (exact) mass is 436 g/mol. The highest BCUT2D eigenvalue weighted by Crippen LogP contribution is 2.31. The number of anilines is 3. The first-order valence-electron chi connectivity index (χ1n) is 10.6. The van der Waals surface area contributed by atoms with Gasteiger partial charge in [-0.05, 0) is 57.4 Å². The number of hydrogen-bond acceptors (Lipinski definition) is 7.